The number of rotatable bonds is 5. The third-order valence-electron chi connectivity index (χ3n) is 2.18. The van der Waals surface area contributed by atoms with E-state index in [9.17, 15) is 8.78 Å². The molecule has 1 aromatic rings. The molecule has 1 unspecified atom stereocenters. The normalized spacial score (nSPS) is 13.1. The standard InChI is InChI=1S/C11H15F2NS/c1-8(6-14)9-2-4-10(5-3-9)15-7-11(12)13/h2-5,8,11H,6-7,14H2,1H3. The molecule has 1 atom stereocenters. The van der Waals surface area contributed by atoms with Crippen molar-refractivity contribution in [1.82, 2.24) is 0 Å². The van der Waals surface area contributed by atoms with Gasteiger partial charge in [-0.05, 0) is 30.2 Å². The van der Waals surface area contributed by atoms with Crippen molar-refractivity contribution in [2.75, 3.05) is 12.3 Å². The first-order valence-corrected chi connectivity index (χ1v) is 5.83. The van der Waals surface area contributed by atoms with Crippen molar-refractivity contribution < 1.29 is 8.78 Å². The lowest BCUT2D eigenvalue weighted by Gasteiger charge is -2.09. The summed E-state index contributed by atoms with van der Waals surface area (Å²) >= 11 is 1.18. The van der Waals surface area contributed by atoms with Gasteiger partial charge in [-0.25, -0.2) is 8.78 Å². The van der Waals surface area contributed by atoms with Crippen molar-refractivity contribution in [2.45, 2.75) is 24.2 Å². The Morgan fingerprint density at radius 3 is 2.33 bits per heavy atom. The quantitative estimate of drug-likeness (QED) is 0.788. The molecular weight excluding hydrogens is 216 g/mol. The minimum absolute atomic E-state index is 0.147. The zero-order valence-corrected chi connectivity index (χ0v) is 9.44. The van der Waals surface area contributed by atoms with Crippen LogP contribution in [-0.4, -0.2) is 18.7 Å². The predicted molar refractivity (Wildman–Crippen MR) is 60.6 cm³/mol. The number of hydrogen-bond donors (Lipinski definition) is 1. The molecule has 0 bridgehead atoms. The zero-order chi connectivity index (χ0) is 11.3. The monoisotopic (exact) mass is 231 g/mol. The van der Waals surface area contributed by atoms with E-state index in [0.29, 0.717) is 12.5 Å². The Morgan fingerprint density at radius 2 is 1.87 bits per heavy atom. The van der Waals surface area contributed by atoms with E-state index in [2.05, 4.69) is 0 Å². The molecule has 4 heteroatoms. The maximum Gasteiger partial charge on any atom is 0.247 e. The van der Waals surface area contributed by atoms with Gasteiger partial charge in [-0.1, -0.05) is 19.1 Å². The minimum atomic E-state index is -2.25. The first-order valence-electron chi connectivity index (χ1n) is 4.84. The lowest BCUT2D eigenvalue weighted by Crippen LogP contribution is -2.08. The maximum atomic E-state index is 11.9. The first-order chi connectivity index (χ1) is 7.13. The molecule has 84 valence electrons. The molecule has 0 saturated heterocycles. The third-order valence-corrected chi connectivity index (χ3v) is 3.20. The van der Waals surface area contributed by atoms with Crippen LogP contribution in [0.5, 0.6) is 0 Å². The van der Waals surface area contributed by atoms with Crippen LogP contribution in [0, 0.1) is 0 Å². The van der Waals surface area contributed by atoms with E-state index in [-0.39, 0.29) is 5.75 Å². The number of benzene rings is 1. The van der Waals surface area contributed by atoms with Gasteiger partial charge in [-0.15, -0.1) is 11.8 Å². The average Bonchev–Trinajstić information content (AvgIpc) is 2.26. The van der Waals surface area contributed by atoms with Crippen LogP contribution in [0.1, 0.15) is 18.4 Å². The van der Waals surface area contributed by atoms with E-state index in [4.69, 9.17) is 5.73 Å². The highest BCUT2D eigenvalue weighted by Crippen LogP contribution is 2.22. The fraction of sp³-hybridized carbons (Fsp3) is 0.455. The molecule has 1 aromatic carbocycles. The Balaban J connectivity index is 2.56. The lowest BCUT2D eigenvalue weighted by molar-refractivity contribution is 0.177. The number of halogens is 2. The molecule has 0 radical (unpaired) electrons. The smallest absolute Gasteiger partial charge is 0.247 e. The van der Waals surface area contributed by atoms with Crippen molar-refractivity contribution in [1.29, 1.82) is 0 Å². The van der Waals surface area contributed by atoms with Crippen LogP contribution in [0.2, 0.25) is 0 Å². The van der Waals surface area contributed by atoms with E-state index >= 15 is 0 Å². The summed E-state index contributed by atoms with van der Waals surface area (Å²) in [6.45, 7) is 2.64. The van der Waals surface area contributed by atoms with Gasteiger partial charge < -0.3 is 5.73 Å². The van der Waals surface area contributed by atoms with Gasteiger partial charge in [0.05, 0.1) is 5.75 Å². The van der Waals surface area contributed by atoms with E-state index < -0.39 is 6.43 Å². The Morgan fingerprint density at radius 1 is 1.27 bits per heavy atom. The van der Waals surface area contributed by atoms with E-state index in [1.165, 1.54) is 11.8 Å². The molecule has 0 aliphatic rings. The van der Waals surface area contributed by atoms with Gasteiger partial charge in [0.15, 0.2) is 0 Å². The molecule has 0 amide bonds. The van der Waals surface area contributed by atoms with Crippen LogP contribution in [-0.2, 0) is 0 Å². The predicted octanol–water partition coefficient (Wildman–Crippen LogP) is 3.11. The van der Waals surface area contributed by atoms with Crippen molar-refractivity contribution in [3.63, 3.8) is 0 Å². The van der Waals surface area contributed by atoms with Gasteiger partial charge in [0.25, 0.3) is 0 Å². The summed E-state index contributed by atoms with van der Waals surface area (Å²) in [5, 5.41) is 0. The molecule has 0 aliphatic heterocycles. The SMILES string of the molecule is CC(CN)c1ccc(SCC(F)F)cc1. The van der Waals surface area contributed by atoms with Gasteiger partial charge in [0.1, 0.15) is 0 Å². The average molecular weight is 231 g/mol. The van der Waals surface area contributed by atoms with Gasteiger partial charge in [0, 0.05) is 4.90 Å². The summed E-state index contributed by atoms with van der Waals surface area (Å²) in [6.07, 6.45) is -2.25. The molecule has 1 rings (SSSR count). The molecule has 0 aromatic heterocycles. The topological polar surface area (TPSA) is 26.0 Å². The number of alkyl halides is 2. The molecule has 2 N–H and O–H groups in total. The van der Waals surface area contributed by atoms with Crippen molar-refractivity contribution in [3.05, 3.63) is 29.8 Å². The Labute approximate surface area is 93.1 Å². The second kappa shape index (κ2) is 6.08. The highest BCUT2D eigenvalue weighted by molar-refractivity contribution is 7.99. The fourth-order valence-corrected chi connectivity index (χ4v) is 1.83. The molecule has 0 aliphatic carbocycles. The number of thioether (sulfide) groups is 1. The fourth-order valence-electron chi connectivity index (χ4n) is 1.19. The Hall–Kier alpha value is -0.610. The first kappa shape index (κ1) is 12.5. The highest BCUT2D eigenvalue weighted by atomic mass is 32.2. The van der Waals surface area contributed by atoms with Crippen LogP contribution in [0.4, 0.5) is 8.78 Å². The molecular formula is C11H15F2NS. The summed E-state index contributed by atoms with van der Waals surface area (Å²) < 4.78 is 23.9. The van der Waals surface area contributed by atoms with Crippen molar-refractivity contribution >= 4 is 11.8 Å². The molecule has 0 saturated carbocycles. The second-order valence-corrected chi connectivity index (χ2v) is 4.50. The van der Waals surface area contributed by atoms with Gasteiger partial charge in [-0.3, -0.25) is 0 Å². The maximum absolute atomic E-state index is 11.9. The largest absolute Gasteiger partial charge is 0.330 e. The van der Waals surface area contributed by atoms with Crippen LogP contribution < -0.4 is 5.73 Å². The van der Waals surface area contributed by atoms with Crippen LogP contribution >= 0.6 is 11.8 Å². The van der Waals surface area contributed by atoms with Crippen LogP contribution in [0.25, 0.3) is 0 Å². The number of nitrogens with two attached hydrogens (primary N) is 1. The van der Waals surface area contributed by atoms with E-state index in [0.717, 1.165) is 10.5 Å². The lowest BCUT2D eigenvalue weighted by atomic mass is 10.0. The number of hydrogen-bond acceptors (Lipinski definition) is 2. The summed E-state index contributed by atoms with van der Waals surface area (Å²) in [6, 6.07) is 7.64. The van der Waals surface area contributed by atoms with Crippen LogP contribution in [0.3, 0.4) is 0 Å². The second-order valence-electron chi connectivity index (χ2n) is 3.41. The zero-order valence-electron chi connectivity index (χ0n) is 8.62. The Kier molecular flexibility index (Phi) is 5.05. The van der Waals surface area contributed by atoms with Crippen molar-refractivity contribution in [3.8, 4) is 0 Å². The van der Waals surface area contributed by atoms with E-state index in [1.807, 2.05) is 31.2 Å². The summed E-state index contributed by atoms with van der Waals surface area (Å²) in [5.74, 6) is 0.172. The molecule has 1 nitrogen and oxygen atoms in total. The molecule has 0 heterocycles. The minimum Gasteiger partial charge on any atom is -0.330 e. The Bertz CT molecular complexity index is 287. The third kappa shape index (κ3) is 4.18. The van der Waals surface area contributed by atoms with Crippen LogP contribution in [0.15, 0.2) is 29.2 Å². The highest BCUT2D eigenvalue weighted by Gasteiger charge is 2.05. The van der Waals surface area contributed by atoms with Gasteiger partial charge in [-0.2, -0.15) is 0 Å². The summed E-state index contributed by atoms with van der Waals surface area (Å²) in [7, 11) is 0. The molecule has 15 heavy (non-hydrogen) atoms. The molecule has 0 fully saturated rings. The van der Waals surface area contributed by atoms with Gasteiger partial charge in [0.2, 0.25) is 6.43 Å². The van der Waals surface area contributed by atoms with Gasteiger partial charge >= 0.3 is 0 Å². The van der Waals surface area contributed by atoms with E-state index in [1.54, 1.807) is 0 Å². The van der Waals surface area contributed by atoms with Crippen molar-refractivity contribution in [2.24, 2.45) is 5.73 Å². The molecule has 0 spiro atoms. The summed E-state index contributed by atoms with van der Waals surface area (Å²) in [5.41, 5.74) is 6.69. The summed E-state index contributed by atoms with van der Waals surface area (Å²) in [4.78, 5) is 0.878.